The van der Waals surface area contributed by atoms with E-state index in [0.29, 0.717) is 0 Å². The van der Waals surface area contributed by atoms with Crippen LogP contribution in [0.3, 0.4) is 0 Å². The van der Waals surface area contributed by atoms with Crippen molar-refractivity contribution in [1.82, 2.24) is 0 Å². The van der Waals surface area contributed by atoms with Crippen molar-refractivity contribution in [3.63, 3.8) is 0 Å². The van der Waals surface area contributed by atoms with Crippen molar-refractivity contribution in [2.24, 2.45) is 0 Å². The van der Waals surface area contributed by atoms with E-state index in [1.54, 1.807) is 5.92 Å². The largest absolute Gasteiger partial charge is 0.0654 e. The first kappa shape index (κ1) is 13.1. The highest BCUT2D eigenvalue weighted by molar-refractivity contribution is 5.85. The van der Waals surface area contributed by atoms with Crippen LogP contribution < -0.4 is 0 Å². The molecule has 0 aliphatic rings. The molecular formula is C18H23. The van der Waals surface area contributed by atoms with Crippen LogP contribution in [0.4, 0.5) is 0 Å². The predicted molar refractivity (Wildman–Crippen MR) is 80.7 cm³/mol. The van der Waals surface area contributed by atoms with Gasteiger partial charge < -0.3 is 0 Å². The third kappa shape index (κ3) is 3.35. The molecule has 0 atom stereocenters. The van der Waals surface area contributed by atoms with Crippen LogP contribution in [0.2, 0.25) is 0 Å². The molecule has 0 aliphatic carbocycles. The van der Waals surface area contributed by atoms with Gasteiger partial charge in [0.1, 0.15) is 0 Å². The van der Waals surface area contributed by atoms with Crippen LogP contribution in [0, 0.1) is 5.92 Å². The Balaban J connectivity index is 2.07. The molecule has 0 aliphatic heterocycles. The first-order valence-electron chi connectivity index (χ1n) is 7.09. The van der Waals surface area contributed by atoms with Crippen LogP contribution in [-0.4, -0.2) is 0 Å². The molecule has 0 N–H and O–H groups in total. The Kier molecular flexibility index (Phi) is 4.81. The number of unbranched alkanes of at least 4 members (excludes halogenated alkanes) is 2. The van der Waals surface area contributed by atoms with Gasteiger partial charge in [0.15, 0.2) is 0 Å². The maximum Gasteiger partial charge on any atom is -0.0152 e. The molecule has 1 radical (unpaired) electrons. The Morgan fingerprint density at radius 2 is 1.72 bits per heavy atom. The summed E-state index contributed by atoms with van der Waals surface area (Å²) >= 11 is 0. The highest BCUT2D eigenvalue weighted by Crippen LogP contribution is 2.24. The Hall–Kier alpha value is -1.30. The zero-order chi connectivity index (χ0) is 12.8. The zero-order valence-corrected chi connectivity index (χ0v) is 11.6. The standard InChI is InChI=1S/C18H23/c1-3-4-5-9-15(2)14-17-12-8-11-16-10-6-7-13-18(16)17/h6-8,10-13H,3-5,9,14H2,1-2H3. The normalized spacial score (nSPS) is 11.3. The minimum atomic E-state index is 1.13. The second-order valence-corrected chi connectivity index (χ2v) is 5.23. The van der Waals surface area contributed by atoms with Gasteiger partial charge >= 0.3 is 0 Å². The Labute approximate surface area is 111 Å². The van der Waals surface area contributed by atoms with Gasteiger partial charge in [0, 0.05) is 0 Å². The molecule has 0 heteroatoms. The molecule has 0 heterocycles. The molecule has 2 aromatic rings. The van der Waals surface area contributed by atoms with Gasteiger partial charge in [0.05, 0.1) is 0 Å². The lowest BCUT2D eigenvalue weighted by Crippen LogP contribution is -1.98. The van der Waals surface area contributed by atoms with Crippen LogP contribution in [0.5, 0.6) is 0 Å². The highest BCUT2D eigenvalue weighted by atomic mass is 14.1. The maximum atomic E-state index is 2.30. The van der Waals surface area contributed by atoms with Crippen LogP contribution in [0.25, 0.3) is 10.8 Å². The minimum absolute atomic E-state index is 1.13. The first-order chi connectivity index (χ1) is 8.81. The summed E-state index contributed by atoms with van der Waals surface area (Å²) in [6.45, 7) is 4.57. The van der Waals surface area contributed by atoms with Crippen molar-refractivity contribution >= 4 is 10.8 Å². The number of benzene rings is 2. The Bertz CT molecular complexity index is 479. The smallest absolute Gasteiger partial charge is 0.0152 e. The van der Waals surface area contributed by atoms with Gasteiger partial charge in [-0.25, -0.2) is 0 Å². The third-order valence-electron chi connectivity index (χ3n) is 3.58. The summed E-state index contributed by atoms with van der Waals surface area (Å²) in [5.41, 5.74) is 1.47. The number of rotatable bonds is 6. The number of hydrogen-bond acceptors (Lipinski definition) is 0. The lowest BCUT2D eigenvalue weighted by molar-refractivity contribution is 0.660. The zero-order valence-electron chi connectivity index (χ0n) is 11.6. The van der Waals surface area contributed by atoms with Gasteiger partial charge in [-0.2, -0.15) is 0 Å². The first-order valence-corrected chi connectivity index (χ1v) is 7.09. The van der Waals surface area contributed by atoms with E-state index in [1.807, 2.05) is 0 Å². The number of fused-ring (bicyclic) bond motifs is 1. The molecule has 0 nitrogen and oxygen atoms in total. The van der Waals surface area contributed by atoms with Crippen molar-refractivity contribution in [2.45, 2.75) is 46.0 Å². The van der Waals surface area contributed by atoms with E-state index < -0.39 is 0 Å². The summed E-state index contributed by atoms with van der Waals surface area (Å²) in [5, 5.41) is 2.77. The lowest BCUT2D eigenvalue weighted by Gasteiger charge is -2.12. The van der Waals surface area contributed by atoms with Crippen LogP contribution in [-0.2, 0) is 6.42 Å². The predicted octanol–water partition coefficient (Wildman–Crippen LogP) is 5.56. The summed E-state index contributed by atoms with van der Waals surface area (Å²) in [5.74, 6) is 1.61. The summed E-state index contributed by atoms with van der Waals surface area (Å²) in [6, 6.07) is 15.3. The molecule has 0 amide bonds. The van der Waals surface area contributed by atoms with Crippen molar-refractivity contribution < 1.29 is 0 Å². The van der Waals surface area contributed by atoms with Crippen LogP contribution >= 0.6 is 0 Å². The van der Waals surface area contributed by atoms with Crippen molar-refractivity contribution in [3.8, 4) is 0 Å². The van der Waals surface area contributed by atoms with Crippen LogP contribution in [0.15, 0.2) is 42.5 Å². The van der Waals surface area contributed by atoms with E-state index in [9.17, 15) is 0 Å². The second kappa shape index (κ2) is 6.58. The Morgan fingerprint density at radius 3 is 2.56 bits per heavy atom. The van der Waals surface area contributed by atoms with E-state index >= 15 is 0 Å². The topological polar surface area (TPSA) is 0 Å². The van der Waals surface area contributed by atoms with Gasteiger partial charge in [-0.3, -0.25) is 0 Å². The summed E-state index contributed by atoms with van der Waals surface area (Å²) in [6.07, 6.45) is 6.41. The molecule has 0 saturated heterocycles. The third-order valence-corrected chi connectivity index (χ3v) is 3.58. The van der Waals surface area contributed by atoms with E-state index in [2.05, 4.69) is 56.3 Å². The van der Waals surface area contributed by atoms with E-state index in [0.717, 1.165) is 6.42 Å². The van der Waals surface area contributed by atoms with Crippen molar-refractivity contribution in [3.05, 3.63) is 53.9 Å². The number of hydrogen-bond donors (Lipinski definition) is 0. The molecule has 0 fully saturated rings. The fourth-order valence-corrected chi connectivity index (χ4v) is 2.54. The highest BCUT2D eigenvalue weighted by Gasteiger charge is 2.06. The minimum Gasteiger partial charge on any atom is -0.0654 e. The maximum absolute atomic E-state index is 2.30. The lowest BCUT2D eigenvalue weighted by atomic mass is 9.92. The molecule has 18 heavy (non-hydrogen) atoms. The fraction of sp³-hybridized carbons (Fsp3) is 0.389. The van der Waals surface area contributed by atoms with Gasteiger partial charge in [-0.05, 0) is 35.1 Å². The fourth-order valence-electron chi connectivity index (χ4n) is 2.54. The molecule has 0 bridgehead atoms. The average molecular weight is 239 g/mol. The molecule has 0 unspecified atom stereocenters. The van der Waals surface area contributed by atoms with Crippen LogP contribution in [0.1, 0.15) is 45.1 Å². The van der Waals surface area contributed by atoms with E-state index in [4.69, 9.17) is 0 Å². The van der Waals surface area contributed by atoms with Gasteiger partial charge in [0.2, 0.25) is 0 Å². The summed E-state index contributed by atoms with van der Waals surface area (Å²) < 4.78 is 0. The van der Waals surface area contributed by atoms with Gasteiger partial charge in [-0.1, -0.05) is 75.6 Å². The molecule has 0 spiro atoms. The summed E-state index contributed by atoms with van der Waals surface area (Å²) in [7, 11) is 0. The molecular weight excluding hydrogens is 216 g/mol. The van der Waals surface area contributed by atoms with E-state index in [-0.39, 0.29) is 0 Å². The molecule has 0 saturated carbocycles. The Morgan fingerprint density at radius 1 is 0.944 bits per heavy atom. The van der Waals surface area contributed by atoms with E-state index in [1.165, 1.54) is 42.0 Å². The second-order valence-electron chi connectivity index (χ2n) is 5.23. The SMILES string of the molecule is CCCCC[C](C)Cc1cccc2ccccc12. The molecule has 95 valence electrons. The molecule has 2 aromatic carbocycles. The summed E-state index contributed by atoms with van der Waals surface area (Å²) in [4.78, 5) is 0. The van der Waals surface area contributed by atoms with Crippen molar-refractivity contribution in [2.75, 3.05) is 0 Å². The monoisotopic (exact) mass is 239 g/mol. The van der Waals surface area contributed by atoms with Gasteiger partial charge in [-0.15, -0.1) is 0 Å². The van der Waals surface area contributed by atoms with Gasteiger partial charge in [0.25, 0.3) is 0 Å². The molecule has 0 aromatic heterocycles. The quantitative estimate of drug-likeness (QED) is 0.579. The molecule has 2 rings (SSSR count). The van der Waals surface area contributed by atoms with Crippen molar-refractivity contribution in [1.29, 1.82) is 0 Å². The average Bonchev–Trinajstić information content (AvgIpc) is 2.39.